The second-order valence-corrected chi connectivity index (χ2v) is 7.00. The van der Waals surface area contributed by atoms with Gasteiger partial charge in [0.2, 0.25) is 15.9 Å². The van der Waals surface area contributed by atoms with E-state index in [1.807, 2.05) is 0 Å². The van der Waals surface area contributed by atoms with Crippen LogP contribution in [0.2, 0.25) is 0 Å². The van der Waals surface area contributed by atoms with Crippen molar-refractivity contribution in [2.75, 3.05) is 12.3 Å². The van der Waals surface area contributed by atoms with Crippen LogP contribution in [-0.4, -0.2) is 31.2 Å². The van der Waals surface area contributed by atoms with Gasteiger partial charge in [-0.1, -0.05) is 12.8 Å². The number of carbonyl (C=O) groups is 1. The molecule has 2 rings (SSSR count). The lowest BCUT2D eigenvalue weighted by Gasteiger charge is -2.27. The minimum Gasteiger partial charge on any atom is -0.399 e. The summed E-state index contributed by atoms with van der Waals surface area (Å²) in [5.74, 6) is -1.69. The Morgan fingerprint density at radius 1 is 1.33 bits per heavy atom. The van der Waals surface area contributed by atoms with Gasteiger partial charge in [0.25, 0.3) is 0 Å². The summed E-state index contributed by atoms with van der Waals surface area (Å²) >= 11 is 0. The van der Waals surface area contributed by atoms with Gasteiger partial charge in [-0.2, -0.15) is 4.31 Å². The van der Waals surface area contributed by atoms with Crippen molar-refractivity contribution in [2.45, 2.75) is 36.6 Å². The molecule has 0 bridgehead atoms. The highest BCUT2D eigenvalue weighted by molar-refractivity contribution is 7.89. The van der Waals surface area contributed by atoms with Crippen LogP contribution >= 0.6 is 0 Å². The highest BCUT2D eigenvalue weighted by atomic mass is 32.2. The van der Waals surface area contributed by atoms with E-state index in [0.29, 0.717) is 12.8 Å². The largest absolute Gasteiger partial charge is 0.399 e. The predicted octanol–water partition coefficient (Wildman–Crippen LogP) is 0.826. The molecule has 0 aliphatic heterocycles. The molecule has 0 saturated heterocycles. The number of hydrogen-bond acceptors (Lipinski definition) is 4. The van der Waals surface area contributed by atoms with E-state index in [1.165, 1.54) is 6.07 Å². The molecule has 0 heterocycles. The van der Waals surface area contributed by atoms with Crippen molar-refractivity contribution < 1.29 is 17.6 Å². The Kier molecular flexibility index (Phi) is 4.48. The number of rotatable bonds is 5. The van der Waals surface area contributed by atoms with Gasteiger partial charge in [-0.25, -0.2) is 12.8 Å². The number of carbonyl (C=O) groups excluding carboxylic acids is 1. The smallest absolute Gasteiger partial charge is 0.246 e. The Morgan fingerprint density at radius 2 is 1.95 bits per heavy atom. The van der Waals surface area contributed by atoms with Crippen LogP contribution in [0.3, 0.4) is 0 Å². The molecule has 1 aromatic rings. The molecule has 0 atom stereocenters. The molecule has 0 unspecified atom stereocenters. The quantitative estimate of drug-likeness (QED) is 0.785. The van der Waals surface area contributed by atoms with Gasteiger partial charge in [-0.3, -0.25) is 4.79 Å². The van der Waals surface area contributed by atoms with Crippen molar-refractivity contribution in [3.8, 4) is 0 Å². The summed E-state index contributed by atoms with van der Waals surface area (Å²) in [6.07, 6.45) is 3.03. The van der Waals surface area contributed by atoms with Crippen molar-refractivity contribution >= 4 is 21.6 Å². The number of nitrogens with zero attached hydrogens (tertiary/aromatic N) is 1. The molecule has 21 heavy (non-hydrogen) atoms. The van der Waals surface area contributed by atoms with Gasteiger partial charge in [0.15, 0.2) is 0 Å². The van der Waals surface area contributed by atoms with E-state index in [0.717, 1.165) is 29.3 Å². The van der Waals surface area contributed by atoms with Crippen LogP contribution in [0, 0.1) is 5.82 Å². The van der Waals surface area contributed by atoms with E-state index < -0.39 is 33.2 Å². The fourth-order valence-electron chi connectivity index (χ4n) is 2.61. The molecule has 0 radical (unpaired) electrons. The van der Waals surface area contributed by atoms with Gasteiger partial charge >= 0.3 is 0 Å². The lowest BCUT2D eigenvalue weighted by Crippen LogP contribution is -2.44. The number of amides is 1. The summed E-state index contributed by atoms with van der Waals surface area (Å²) in [6, 6.07) is 3.06. The SMILES string of the molecule is NC(=O)CN(C1CCCC1)S(=O)(=O)c1ccc(N)cc1F. The van der Waals surface area contributed by atoms with Crippen LogP contribution in [-0.2, 0) is 14.8 Å². The van der Waals surface area contributed by atoms with Gasteiger partial charge in [0.05, 0.1) is 6.54 Å². The molecule has 8 heteroatoms. The molecule has 6 nitrogen and oxygen atoms in total. The molecule has 1 aliphatic rings. The molecule has 1 aliphatic carbocycles. The fraction of sp³-hybridized carbons (Fsp3) is 0.462. The summed E-state index contributed by atoms with van der Waals surface area (Å²) in [7, 11) is -4.13. The molecule has 1 amide bonds. The Balaban J connectivity index is 2.43. The maximum absolute atomic E-state index is 13.9. The second kappa shape index (κ2) is 5.98. The minimum atomic E-state index is -4.13. The normalized spacial score (nSPS) is 16.5. The summed E-state index contributed by atoms with van der Waals surface area (Å²) in [6.45, 7) is -0.448. The standard InChI is InChI=1S/C13H18FN3O3S/c14-11-7-9(15)5-6-12(11)21(19,20)17(8-13(16)18)10-3-1-2-4-10/h5-7,10H,1-4,8,15H2,(H2,16,18). The second-order valence-electron chi connectivity index (χ2n) is 5.14. The number of halogens is 1. The summed E-state index contributed by atoms with van der Waals surface area (Å²) < 4.78 is 40.2. The lowest BCUT2D eigenvalue weighted by molar-refractivity contribution is -0.118. The predicted molar refractivity (Wildman–Crippen MR) is 76.2 cm³/mol. The van der Waals surface area contributed by atoms with Gasteiger partial charge in [0.1, 0.15) is 10.7 Å². The van der Waals surface area contributed by atoms with Crippen LogP contribution < -0.4 is 11.5 Å². The first-order chi connectivity index (χ1) is 9.82. The van der Waals surface area contributed by atoms with E-state index in [2.05, 4.69) is 0 Å². The zero-order valence-electron chi connectivity index (χ0n) is 11.5. The monoisotopic (exact) mass is 315 g/mol. The molecule has 0 aromatic heterocycles. The van der Waals surface area contributed by atoms with E-state index in [-0.39, 0.29) is 11.7 Å². The molecular weight excluding hydrogens is 297 g/mol. The van der Waals surface area contributed by atoms with Crippen molar-refractivity contribution in [3.63, 3.8) is 0 Å². The van der Waals surface area contributed by atoms with Crippen molar-refractivity contribution in [1.29, 1.82) is 0 Å². The third kappa shape index (κ3) is 3.33. The van der Waals surface area contributed by atoms with Crippen LogP contribution in [0.1, 0.15) is 25.7 Å². The van der Waals surface area contributed by atoms with Crippen molar-refractivity contribution in [1.82, 2.24) is 4.31 Å². The number of benzene rings is 1. The zero-order valence-corrected chi connectivity index (χ0v) is 12.3. The lowest BCUT2D eigenvalue weighted by atomic mass is 10.2. The molecule has 0 spiro atoms. The highest BCUT2D eigenvalue weighted by Gasteiger charge is 2.35. The van der Waals surface area contributed by atoms with Crippen LogP contribution in [0.25, 0.3) is 0 Å². The molecular formula is C13H18FN3O3S. The van der Waals surface area contributed by atoms with Gasteiger partial charge in [-0.15, -0.1) is 0 Å². The van der Waals surface area contributed by atoms with Crippen molar-refractivity contribution in [2.24, 2.45) is 5.73 Å². The summed E-state index contributed by atoms with van der Waals surface area (Å²) in [4.78, 5) is 10.7. The Labute approximate surface area is 123 Å². The zero-order chi connectivity index (χ0) is 15.6. The third-order valence-corrected chi connectivity index (χ3v) is 5.52. The molecule has 1 fully saturated rings. The fourth-order valence-corrected chi connectivity index (χ4v) is 4.31. The first kappa shape index (κ1) is 15.7. The third-order valence-electron chi connectivity index (χ3n) is 3.59. The maximum Gasteiger partial charge on any atom is 0.246 e. The van der Waals surface area contributed by atoms with Gasteiger partial charge in [0, 0.05) is 11.7 Å². The first-order valence-electron chi connectivity index (χ1n) is 6.67. The molecule has 116 valence electrons. The summed E-state index contributed by atoms with van der Waals surface area (Å²) in [5.41, 5.74) is 10.7. The number of sulfonamides is 1. The van der Waals surface area contributed by atoms with E-state index >= 15 is 0 Å². The average molecular weight is 315 g/mol. The van der Waals surface area contributed by atoms with Gasteiger partial charge < -0.3 is 11.5 Å². The minimum absolute atomic E-state index is 0.133. The van der Waals surface area contributed by atoms with Crippen LogP contribution in [0.5, 0.6) is 0 Å². The number of nitrogens with two attached hydrogens (primary N) is 2. The van der Waals surface area contributed by atoms with E-state index in [9.17, 15) is 17.6 Å². The number of primary amides is 1. The van der Waals surface area contributed by atoms with Crippen LogP contribution in [0.4, 0.5) is 10.1 Å². The Bertz CT molecular complexity index is 642. The first-order valence-corrected chi connectivity index (χ1v) is 8.11. The molecule has 4 N–H and O–H groups in total. The molecule has 1 saturated carbocycles. The van der Waals surface area contributed by atoms with Crippen molar-refractivity contribution in [3.05, 3.63) is 24.0 Å². The van der Waals surface area contributed by atoms with E-state index in [1.54, 1.807) is 0 Å². The number of hydrogen-bond donors (Lipinski definition) is 2. The molecule has 1 aromatic carbocycles. The average Bonchev–Trinajstić information content (AvgIpc) is 2.88. The number of anilines is 1. The van der Waals surface area contributed by atoms with Crippen LogP contribution in [0.15, 0.2) is 23.1 Å². The number of nitrogen functional groups attached to an aromatic ring is 1. The summed E-state index contributed by atoms with van der Waals surface area (Å²) in [5, 5.41) is 0. The Hall–Kier alpha value is -1.67. The topological polar surface area (TPSA) is 106 Å². The van der Waals surface area contributed by atoms with E-state index in [4.69, 9.17) is 11.5 Å². The Morgan fingerprint density at radius 3 is 2.48 bits per heavy atom. The van der Waals surface area contributed by atoms with Gasteiger partial charge in [-0.05, 0) is 31.0 Å². The highest BCUT2D eigenvalue weighted by Crippen LogP contribution is 2.29. The maximum atomic E-state index is 13.9.